The van der Waals surface area contributed by atoms with Gasteiger partial charge in [0.2, 0.25) is 6.79 Å². The molecular weight excluding hydrogens is 428 g/mol. The first-order valence-corrected chi connectivity index (χ1v) is 9.69. The third-order valence-corrected chi connectivity index (χ3v) is 4.25. The summed E-state index contributed by atoms with van der Waals surface area (Å²) in [6.07, 6.45) is 1.03. The summed E-state index contributed by atoms with van der Waals surface area (Å²) in [5, 5.41) is 0. The summed E-state index contributed by atoms with van der Waals surface area (Å²) >= 11 is 0. The van der Waals surface area contributed by atoms with Crippen molar-refractivity contribution in [3.8, 4) is 23.0 Å². The van der Waals surface area contributed by atoms with E-state index in [2.05, 4.69) is 6.58 Å². The molecule has 0 aliphatic carbocycles. The van der Waals surface area contributed by atoms with Crippen LogP contribution in [0.3, 0.4) is 0 Å². The number of carbonyl (C=O) groups excluding carboxylic acids is 3. The fraction of sp³-hybridized carbons (Fsp3) is 0.0800. The highest BCUT2D eigenvalue weighted by Gasteiger charge is 2.12. The first-order chi connectivity index (χ1) is 16.0. The van der Waals surface area contributed by atoms with Crippen LogP contribution in [0.5, 0.6) is 23.0 Å². The van der Waals surface area contributed by atoms with E-state index < -0.39 is 17.9 Å². The number of carbonyl (C=O) groups is 3. The summed E-state index contributed by atoms with van der Waals surface area (Å²) in [6, 6.07) is 18.7. The Bertz CT molecular complexity index is 1120. The van der Waals surface area contributed by atoms with Crippen molar-refractivity contribution in [1.82, 2.24) is 0 Å². The number of ether oxygens (including phenoxy) is 5. The topological polar surface area (TPSA) is 97.4 Å². The minimum Gasteiger partial charge on any atom is -0.497 e. The van der Waals surface area contributed by atoms with E-state index in [0.717, 1.165) is 6.08 Å². The fourth-order valence-corrected chi connectivity index (χ4v) is 2.54. The van der Waals surface area contributed by atoms with Crippen molar-refractivity contribution in [1.29, 1.82) is 0 Å². The van der Waals surface area contributed by atoms with Crippen LogP contribution >= 0.6 is 0 Å². The molecule has 0 saturated carbocycles. The Balaban J connectivity index is 1.52. The molecule has 0 aromatic heterocycles. The van der Waals surface area contributed by atoms with Crippen molar-refractivity contribution in [2.45, 2.75) is 0 Å². The zero-order valence-corrected chi connectivity index (χ0v) is 17.7. The van der Waals surface area contributed by atoms with E-state index in [1.54, 1.807) is 36.4 Å². The molecule has 8 heteroatoms. The average Bonchev–Trinajstić information content (AvgIpc) is 2.85. The predicted molar refractivity (Wildman–Crippen MR) is 118 cm³/mol. The molecule has 0 aliphatic heterocycles. The molecule has 33 heavy (non-hydrogen) atoms. The fourth-order valence-electron chi connectivity index (χ4n) is 2.54. The van der Waals surface area contributed by atoms with E-state index in [-0.39, 0.29) is 18.1 Å². The second kappa shape index (κ2) is 11.1. The van der Waals surface area contributed by atoms with Crippen LogP contribution in [0.4, 0.5) is 0 Å². The van der Waals surface area contributed by atoms with Crippen molar-refractivity contribution in [3.63, 3.8) is 0 Å². The minimum atomic E-state index is -0.595. The standard InChI is InChI=1S/C25H20O8/c1-3-23(26)31-16-30-20-12-14-22(15-13-20)33-25(28)18-6-10-21(11-7-18)32-24(27)17-4-8-19(29-2)9-5-17/h3-15H,1,16H2,2H3. The van der Waals surface area contributed by atoms with E-state index in [9.17, 15) is 14.4 Å². The molecule has 0 heterocycles. The largest absolute Gasteiger partial charge is 0.497 e. The van der Waals surface area contributed by atoms with Gasteiger partial charge >= 0.3 is 17.9 Å². The van der Waals surface area contributed by atoms with Crippen LogP contribution in [0, 0.1) is 0 Å². The zero-order chi connectivity index (χ0) is 23.6. The van der Waals surface area contributed by atoms with Crippen LogP contribution in [0.2, 0.25) is 0 Å². The lowest BCUT2D eigenvalue weighted by Gasteiger charge is -2.08. The van der Waals surface area contributed by atoms with Crippen LogP contribution in [0.25, 0.3) is 0 Å². The zero-order valence-electron chi connectivity index (χ0n) is 17.7. The van der Waals surface area contributed by atoms with Gasteiger partial charge < -0.3 is 23.7 Å². The van der Waals surface area contributed by atoms with E-state index in [0.29, 0.717) is 22.8 Å². The van der Waals surface area contributed by atoms with Crippen molar-refractivity contribution in [2.24, 2.45) is 0 Å². The van der Waals surface area contributed by atoms with Gasteiger partial charge in [0.15, 0.2) is 0 Å². The quantitative estimate of drug-likeness (QED) is 0.208. The summed E-state index contributed by atoms with van der Waals surface area (Å²) in [5.74, 6) is -0.0787. The SMILES string of the molecule is C=CC(=O)OCOc1ccc(OC(=O)c2ccc(OC(=O)c3ccc(OC)cc3)cc2)cc1. The molecule has 3 aromatic carbocycles. The molecule has 0 N–H and O–H groups in total. The van der Waals surface area contributed by atoms with Crippen LogP contribution < -0.4 is 18.9 Å². The second-order valence-corrected chi connectivity index (χ2v) is 6.43. The van der Waals surface area contributed by atoms with E-state index in [1.165, 1.54) is 43.5 Å². The molecule has 0 unspecified atom stereocenters. The van der Waals surface area contributed by atoms with Gasteiger partial charge in [-0.1, -0.05) is 6.58 Å². The molecule has 0 aliphatic rings. The Morgan fingerprint density at radius 2 is 1.12 bits per heavy atom. The highest BCUT2D eigenvalue weighted by atomic mass is 16.7. The highest BCUT2D eigenvalue weighted by Crippen LogP contribution is 2.20. The number of methoxy groups -OCH3 is 1. The van der Waals surface area contributed by atoms with Gasteiger partial charge in [-0.15, -0.1) is 0 Å². The summed E-state index contributed by atoms with van der Waals surface area (Å²) in [7, 11) is 1.54. The van der Waals surface area contributed by atoms with Crippen LogP contribution in [0.15, 0.2) is 85.5 Å². The molecule has 0 bridgehead atoms. The third-order valence-electron chi connectivity index (χ3n) is 4.25. The van der Waals surface area contributed by atoms with Gasteiger partial charge in [0.25, 0.3) is 0 Å². The van der Waals surface area contributed by atoms with Crippen molar-refractivity contribution in [3.05, 3.63) is 96.6 Å². The van der Waals surface area contributed by atoms with E-state index in [1.807, 2.05) is 0 Å². The number of rotatable bonds is 9. The van der Waals surface area contributed by atoms with Gasteiger partial charge in [0.05, 0.1) is 18.2 Å². The lowest BCUT2D eigenvalue weighted by Crippen LogP contribution is -2.10. The van der Waals surface area contributed by atoms with Crippen molar-refractivity contribution in [2.75, 3.05) is 13.9 Å². The van der Waals surface area contributed by atoms with Gasteiger partial charge in [0, 0.05) is 6.08 Å². The maximum absolute atomic E-state index is 12.4. The van der Waals surface area contributed by atoms with Gasteiger partial charge in [0.1, 0.15) is 23.0 Å². The number of esters is 3. The molecule has 0 amide bonds. The van der Waals surface area contributed by atoms with Crippen LogP contribution in [-0.4, -0.2) is 31.8 Å². The second-order valence-electron chi connectivity index (χ2n) is 6.43. The molecule has 0 spiro atoms. The molecule has 3 aromatic rings. The normalized spacial score (nSPS) is 9.97. The van der Waals surface area contributed by atoms with Gasteiger partial charge in [-0.2, -0.15) is 0 Å². The van der Waals surface area contributed by atoms with Crippen LogP contribution in [-0.2, 0) is 9.53 Å². The highest BCUT2D eigenvalue weighted by molar-refractivity contribution is 5.92. The molecule has 8 nitrogen and oxygen atoms in total. The molecule has 0 radical (unpaired) electrons. The maximum Gasteiger partial charge on any atom is 0.343 e. The molecule has 168 valence electrons. The Morgan fingerprint density at radius 1 is 0.697 bits per heavy atom. The smallest absolute Gasteiger partial charge is 0.343 e. The Labute approximate surface area is 189 Å². The van der Waals surface area contributed by atoms with Gasteiger partial charge in [-0.25, -0.2) is 14.4 Å². The molecule has 0 atom stereocenters. The maximum atomic E-state index is 12.4. The number of benzene rings is 3. The molecule has 0 saturated heterocycles. The summed E-state index contributed by atoms with van der Waals surface area (Å²) in [4.78, 5) is 35.5. The average molecular weight is 448 g/mol. The number of hydrogen-bond acceptors (Lipinski definition) is 8. The minimum absolute atomic E-state index is 0.265. The van der Waals surface area contributed by atoms with Gasteiger partial charge in [-0.05, 0) is 72.8 Å². The molecule has 0 fully saturated rings. The molecular formula is C25H20O8. The Morgan fingerprint density at radius 3 is 1.58 bits per heavy atom. The van der Waals surface area contributed by atoms with Crippen molar-refractivity contribution >= 4 is 17.9 Å². The monoisotopic (exact) mass is 448 g/mol. The summed E-state index contributed by atoms with van der Waals surface area (Å²) in [5.41, 5.74) is 0.640. The van der Waals surface area contributed by atoms with E-state index >= 15 is 0 Å². The number of hydrogen-bond donors (Lipinski definition) is 0. The summed E-state index contributed by atoms with van der Waals surface area (Å²) in [6.45, 7) is 3.02. The van der Waals surface area contributed by atoms with Crippen molar-refractivity contribution < 1.29 is 38.1 Å². The Kier molecular flexibility index (Phi) is 7.80. The Hall–Kier alpha value is -4.59. The van der Waals surface area contributed by atoms with E-state index in [4.69, 9.17) is 23.7 Å². The predicted octanol–water partition coefficient (Wildman–Crippen LogP) is 4.20. The first kappa shape index (κ1) is 23.1. The lowest BCUT2D eigenvalue weighted by molar-refractivity contribution is -0.144. The van der Waals surface area contributed by atoms with Crippen LogP contribution in [0.1, 0.15) is 20.7 Å². The summed E-state index contributed by atoms with van der Waals surface area (Å²) < 4.78 is 25.6. The molecule has 3 rings (SSSR count). The first-order valence-electron chi connectivity index (χ1n) is 9.69. The lowest BCUT2D eigenvalue weighted by atomic mass is 10.2. The third kappa shape index (κ3) is 6.70. The van der Waals surface area contributed by atoms with Gasteiger partial charge in [-0.3, -0.25) is 0 Å².